The summed E-state index contributed by atoms with van der Waals surface area (Å²) in [6.07, 6.45) is 0.895. The topological polar surface area (TPSA) is 46.3 Å². The molecule has 84 valence electrons. The fourth-order valence-electron chi connectivity index (χ4n) is 1.66. The van der Waals surface area contributed by atoms with Gasteiger partial charge in [0.25, 0.3) is 0 Å². The molecule has 0 aliphatic carbocycles. The van der Waals surface area contributed by atoms with Crippen molar-refractivity contribution in [2.45, 2.75) is 34.1 Å². The molecule has 3 heteroatoms. The second-order valence-electron chi connectivity index (χ2n) is 4.07. The Balaban J connectivity index is 4.28. The molecule has 0 aliphatic heterocycles. The van der Waals surface area contributed by atoms with Gasteiger partial charge in [-0.2, -0.15) is 0 Å². The third-order valence-electron chi connectivity index (χ3n) is 2.46. The normalized spacial score (nSPS) is 13.0. The first-order valence-electron chi connectivity index (χ1n) is 5.55. The Labute approximate surface area is 87.6 Å². The van der Waals surface area contributed by atoms with Crippen LogP contribution in [-0.4, -0.2) is 30.4 Å². The van der Waals surface area contributed by atoms with Gasteiger partial charge in [-0.3, -0.25) is 4.79 Å². The summed E-state index contributed by atoms with van der Waals surface area (Å²) in [6, 6.07) is 0. The lowest BCUT2D eigenvalue weighted by atomic mass is 9.96. The number of hydrogen-bond acceptors (Lipinski definition) is 2. The summed E-state index contributed by atoms with van der Waals surface area (Å²) in [5, 5.41) is 0. The van der Waals surface area contributed by atoms with E-state index >= 15 is 0 Å². The summed E-state index contributed by atoms with van der Waals surface area (Å²) in [5.41, 5.74) is 5.62. The molecule has 0 saturated heterocycles. The number of carbonyl (C=O) groups is 1. The van der Waals surface area contributed by atoms with Gasteiger partial charge in [0.2, 0.25) is 5.91 Å². The zero-order valence-electron chi connectivity index (χ0n) is 9.92. The average Bonchev–Trinajstić information content (AvgIpc) is 2.15. The van der Waals surface area contributed by atoms with Crippen molar-refractivity contribution < 1.29 is 4.79 Å². The molecule has 0 rings (SSSR count). The van der Waals surface area contributed by atoms with Crippen LogP contribution in [0, 0.1) is 11.8 Å². The van der Waals surface area contributed by atoms with Gasteiger partial charge in [-0.25, -0.2) is 0 Å². The van der Waals surface area contributed by atoms with Crippen molar-refractivity contribution in [2.24, 2.45) is 17.6 Å². The second-order valence-corrected chi connectivity index (χ2v) is 4.07. The maximum Gasteiger partial charge on any atom is 0.226 e. The van der Waals surface area contributed by atoms with Crippen LogP contribution in [0.3, 0.4) is 0 Å². The quantitative estimate of drug-likeness (QED) is 0.706. The van der Waals surface area contributed by atoms with Gasteiger partial charge < -0.3 is 10.6 Å². The molecule has 1 unspecified atom stereocenters. The Morgan fingerprint density at radius 3 is 2.07 bits per heavy atom. The van der Waals surface area contributed by atoms with Crippen LogP contribution in [0.5, 0.6) is 0 Å². The molecule has 0 radical (unpaired) electrons. The molecule has 0 bridgehead atoms. The van der Waals surface area contributed by atoms with E-state index in [-0.39, 0.29) is 11.8 Å². The van der Waals surface area contributed by atoms with Gasteiger partial charge in [0.15, 0.2) is 0 Å². The molecule has 14 heavy (non-hydrogen) atoms. The van der Waals surface area contributed by atoms with Crippen molar-refractivity contribution in [2.75, 3.05) is 19.6 Å². The predicted octanol–water partition coefficient (Wildman–Crippen LogP) is 1.48. The Morgan fingerprint density at radius 2 is 1.79 bits per heavy atom. The molecule has 0 heterocycles. The number of carbonyl (C=O) groups excluding carboxylic acids is 1. The SMILES string of the molecule is CCN(CC)C(=O)C(CN)CC(C)C. The van der Waals surface area contributed by atoms with E-state index in [2.05, 4.69) is 13.8 Å². The van der Waals surface area contributed by atoms with E-state index < -0.39 is 0 Å². The fourth-order valence-corrected chi connectivity index (χ4v) is 1.66. The van der Waals surface area contributed by atoms with Crippen LogP contribution in [-0.2, 0) is 4.79 Å². The molecular weight excluding hydrogens is 176 g/mol. The highest BCUT2D eigenvalue weighted by Gasteiger charge is 2.21. The molecule has 0 aliphatic rings. The van der Waals surface area contributed by atoms with Gasteiger partial charge in [-0.15, -0.1) is 0 Å². The summed E-state index contributed by atoms with van der Waals surface area (Å²) in [4.78, 5) is 13.8. The lowest BCUT2D eigenvalue weighted by Gasteiger charge is -2.25. The number of nitrogens with two attached hydrogens (primary N) is 1. The maximum atomic E-state index is 11.9. The summed E-state index contributed by atoms with van der Waals surface area (Å²) in [7, 11) is 0. The molecular formula is C11H24N2O. The third kappa shape index (κ3) is 4.09. The first-order chi connectivity index (χ1) is 6.56. The highest BCUT2D eigenvalue weighted by Crippen LogP contribution is 2.13. The summed E-state index contributed by atoms with van der Waals surface area (Å²) in [6.45, 7) is 10.3. The largest absolute Gasteiger partial charge is 0.343 e. The molecule has 0 spiro atoms. The number of hydrogen-bond donors (Lipinski definition) is 1. The Bertz CT molecular complexity index is 165. The minimum absolute atomic E-state index is 0.00917. The van der Waals surface area contributed by atoms with Gasteiger partial charge in [-0.05, 0) is 26.2 Å². The first-order valence-corrected chi connectivity index (χ1v) is 5.55. The lowest BCUT2D eigenvalue weighted by Crippen LogP contribution is -2.39. The van der Waals surface area contributed by atoms with Gasteiger partial charge in [0, 0.05) is 19.6 Å². The highest BCUT2D eigenvalue weighted by atomic mass is 16.2. The van der Waals surface area contributed by atoms with Crippen LogP contribution in [0.25, 0.3) is 0 Å². The average molecular weight is 200 g/mol. The fraction of sp³-hybridized carbons (Fsp3) is 0.909. The van der Waals surface area contributed by atoms with E-state index in [1.807, 2.05) is 18.7 Å². The molecule has 0 aromatic carbocycles. The van der Waals surface area contributed by atoms with Crippen molar-refractivity contribution >= 4 is 5.91 Å². The summed E-state index contributed by atoms with van der Waals surface area (Å²) in [5.74, 6) is 0.754. The van der Waals surface area contributed by atoms with Crippen molar-refractivity contribution in [1.82, 2.24) is 4.90 Å². The van der Waals surface area contributed by atoms with Crippen LogP contribution in [0.15, 0.2) is 0 Å². The lowest BCUT2D eigenvalue weighted by molar-refractivity contribution is -0.135. The summed E-state index contributed by atoms with van der Waals surface area (Å²) >= 11 is 0. The van der Waals surface area contributed by atoms with Crippen LogP contribution >= 0.6 is 0 Å². The standard InChI is InChI=1S/C11H24N2O/c1-5-13(6-2)11(14)10(8-12)7-9(3)4/h9-10H,5-8,12H2,1-4H3. The van der Waals surface area contributed by atoms with Crippen molar-refractivity contribution in [3.8, 4) is 0 Å². The third-order valence-corrected chi connectivity index (χ3v) is 2.46. The van der Waals surface area contributed by atoms with Gasteiger partial charge >= 0.3 is 0 Å². The molecule has 0 fully saturated rings. The van der Waals surface area contributed by atoms with Crippen LogP contribution in [0.2, 0.25) is 0 Å². The number of rotatable bonds is 6. The monoisotopic (exact) mass is 200 g/mol. The highest BCUT2D eigenvalue weighted by molar-refractivity contribution is 5.79. The molecule has 1 amide bonds. The molecule has 0 aromatic rings. The van der Waals surface area contributed by atoms with Crippen molar-refractivity contribution in [1.29, 1.82) is 0 Å². The first kappa shape index (κ1) is 13.4. The minimum Gasteiger partial charge on any atom is -0.343 e. The number of nitrogens with zero attached hydrogens (tertiary/aromatic N) is 1. The smallest absolute Gasteiger partial charge is 0.226 e. The van der Waals surface area contributed by atoms with E-state index in [0.29, 0.717) is 12.5 Å². The molecule has 0 aromatic heterocycles. The minimum atomic E-state index is 0.00917. The molecule has 1 atom stereocenters. The van der Waals surface area contributed by atoms with Crippen molar-refractivity contribution in [3.63, 3.8) is 0 Å². The van der Waals surface area contributed by atoms with Gasteiger partial charge in [-0.1, -0.05) is 13.8 Å². The van der Waals surface area contributed by atoms with E-state index in [1.54, 1.807) is 0 Å². The molecule has 3 nitrogen and oxygen atoms in total. The second kappa shape index (κ2) is 6.82. The predicted molar refractivity (Wildman–Crippen MR) is 59.9 cm³/mol. The van der Waals surface area contributed by atoms with Crippen LogP contribution < -0.4 is 5.73 Å². The van der Waals surface area contributed by atoms with E-state index in [1.165, 1.54) is 0 Å². The summed E-state index contributed by atoms with van der Waals surface area (Å²) < 4.78 is 0. The Hall–Kier alpha value is -0.570. The van der Waals surface area contributed by atoms with Crippen LogP contribution in [0.1, 0.15) is 34.1 Å². The van der Waals surface area contributed by atoms with Gasteiger partial charge in [0.05, 0.1) is 5.92 Å². The Morgan fingerprint density at radius 1 is 1.29 bits per heavy atom. The van der Waals surface area contributed by atoms with Crippen molar-refractivity contribution in [3.05, 3.63) is 0 Å². The zero-order chi connectivity index (χ0) is 11.1. The van der Waals surface area contributed by atoms with E-state index in [0.717, 1.165) is 19.5 Å². The molecule has 2 N–H and O–H groups in total. The number of amides is 1. The Kier molecular flexibility index (Phi) is 6.54. The van der Waals surface area contributed by atoms with E-state index in [4.69, 9.17) is 5.73 Å². The maximum absolute atomic E-state index is 11.9. The molecule has 0 saturated carbocycles. The van der Waals surface area contributed by atoms with E-state index in [9.17, 15) is 4.79 Å². The van der Waals surface area contributed by atoms with Gasteiger partial charge in [0.1, 0.15) is 0 Å². The zero-order valence-corrected chi connectivity index (χ0v) is 9.92. The van der Waals surface area contributed by atoms with Crippen LogP contribution in [0.4, 0.5) is 0 Å².